The molecule has 2 aromatic heterocycles. The second-order valence-corrected chi connectivity index (χ2v) is 9.64. The highest BCUT2D eigenvalue weighted by atomic mass is 19.4. The minimum atomic E-state index is -4.45. The molecule has 0 aliphatic carbocycles. The van der Waals surface area contributed by atoms with Gasteiger partial charge in [0.1, 0.15) is 41.7 Å². The molecule has 8 nitrogen and oxygen atoms in total. The first kappa shape index (κ1) is 26.6. The van der Waals surface area contributed by atoms with Crippen molar-refractivity contribution in [1.29, 1.82) is 0 Å². The molecule has 3 aromatic carbocycles. The van der Waals surface area contributed by atoms with E-state index < -0.39 is 11.7 Å². The van der Waals surface area contributed by atoms with E-state index in [9.17, 15) is 13.2 Å². The Morgan fingerprint density at radius 1 is 0.902 bits per heavy atom. The Bertz CT molecular complexity index is 1660. The van der Waals surface area contributed by atoms with Crippen LogP contribution in [0.5, 0.6) is 17.2 Å². The number of hydrogen-bond donors (Lipinski definition) is 1. The van der Waals surface area contributed by atoms with E-state index in [4.69, 9.17) is 25.0 Å². The van der Waals surface area contributed by atoms with Crippen LogP contribution < -0.4 is 15.2 Å². The molecular weight excluding hydrogens is 535 g/mol. The Morgan fingerprint density at radius 2 is 1.66 bits per heavy atom. The summed E-state index contributed by atoms with van der Waals surface area (Å²) in [6.45, 7) is 1.11. The van der Waals surface area contributed by atoms with E-state index in [0.29, 0.717) is 53.0 Å². The van der Waals surface area contributed by atoms with Crippen molar-refractivity contribution in [2.75, 3.05) is 18.9 Å². The molecule has 1 saturated heterocycles. The molecule has 1 aliphatic heterocycles. The van der Waals surface area contributed by atoms with Crippen molar-refractivity contribution in [1.82, 2.24) is 19.7 Å². The number of nitrogen functional groups attached to an aromatic ring is 1. The Balaban J connectivity index is 1.19. The Kier molecular flexibility index (Phi) is 7.19. The van der Waals surface area contributed by atoms with Gasteiger partial charge in [0.15, 0.2) is 5.65 Å². The van der Waals surface area contributed by atoms with Crippen LogP contribution in [0.3, 0.4) is 0 Å². The number of nitrogens with zero attached hydrogens (tertiary/aromatic N) is 4. The molecular formula is C30H26F3N5O3. The van der Waals surface area contributed by atoms with Crippen LogP contribution in [0.4, 0.5) is 19.0 Å². The average Bonchev–Trinajstić information content (AvgIpc) is 3.38. The number of halogens is 3. The van der Waals surface area contributed by atoms with E-state index in [-0.39, 0.29) is 18.2 Å². The van der Waals surface area contributed by atoms with Gasteiger partial charge in [-0.15, -0.1) is 0 Å². The number of anilines is 1. The van der Waals surface area contributed by atoms with Gasteiger partial charge in [0.2, 0.25) is 0 Å². The molecule has 0 atom stereocenters. The summed E-state index contributed by atoms with van der Waals surface area (Å²) in [7, 11) is 0. The minimum Gasteiger partial charge on any atom is -0.489 e. The van der Waals surface area contributed by atoms with E-state index in [1.54, 1.807) is 30.3 Å². The van der Waals surface area contributed by atoms with Gasteiger partial charge in [0.05, 0.1) is 17.0 Å². The van der Waals surface area contributed by atoms with Gasteiger partial charge in [-0.25, -0.2) is 14.6 Å². The second-order valence-electron chi connectivity index (χ2n) is 9.64. The fourth-order valence-electron chi connectivity index (χ4n) is 4.91. The van der Waals surface area contributed by atoms with Crippen molar-refractivity contribution in [2.24, 2.45) is 0 Å². The maximum Gasteiger partial charge on any atom is 0.416 e. The summed E-state index contributed by atoms with van der Waals surface area (Å²) in [6, 6.07) is 19.6. The molecule has 1 fully saturated rings. The van der Waals surface area contributed by atoms with Crippen LogP contribution in [0.15, 0.2) is 79.1 Å². The molecule has 0 bridgehead atoms. The monoisotopic (exact) mass is 561 g/mol. The van der Waals surface area contributed by atoms with Crippen LogP contribution in [-0.2, 0) is 17.5 Å². The van der Waals surface area contributed by atoms with Crippen molar-refractivity contribution in [2.45, 2.75) is 31.7 Å². The lowest BCUT2D eigenvalue weighted by molar-refractivity contribution is -0.138. The third-order valence-corrected chi connectivity index (χ3v) is 6.94. The Hall–Kier alpha value is -4.64. The number of hydrogen-bond acceptors (Lipinski definition) is 7. The van der Waals surface area contributed by atoms with Crippen molar-refractivity contribution >= 4 is 16.9 Å². The zero-order chi connectivity index (χ0) is 28.4. The molecule has 3 heterocycles. The van der Waals surface area contributed by atoms with Crippen molar-refractivity contribution in [3.05, 3.63) is 90.3 Å². The van der Waals surface area contributed by atoms with Crippen LogP contribution in [-0.4, -0.2) is 33.0 Å². The third kappa shape index (κ3) is 5.66. The summed E-state index contributed by atoms with van der Waals surface area (Å²) in [5, 5.41) is 5.59. The lowest BCUT2D eigenvalue weighted by atomic mass is 10.1. The Morgan fingerprint density at radius 3 is 2.44 bits per heavy atom. The molecule has 0 unspecified atom stereocenters. The topological polar surface area (TPSA) is 97.3 Å². The molecule has 0 radical (unpaired) electrons. The van der Waals surface area contributed by atoms with Crippen molar-refractivity contribution in [3.63, 3.8) is 0 Å². The standard InChI is InChI=1S/C30H26F3N5O3/c31-30(32,33)25-7-2-1-4-20(25)17-40-23-5-3-6-24(16-23)41-22-10-8-19(9-11-22)27-26-28(34)35-18-36-29(26)38(37-27)21-12-14-39-15-13-21/h1-11,16,18,21H,12-15,17H2,(H2,34,35,36). The smallest absolute Gasteiger partial charge is 0.416 e. The number of benzene rings is 3. The van der Waals surface area contributed by atoms with Crippen molar-refractivity contribution in [3.8, 4) is 28.5 Å². The van der Waals surface area contributed by atoms with E-state index in [1.165, 1.54) is 18.5 Å². The highest BCUT2D eigenvalue weighted by Crippen LogP contribution is 2.36. The number of alkyl halides is 3. The van der Waals surface area contributed by atoms with Gasteiger partial charge < -0.3 is 19.9 Å². The molecule has 1 aliphatic rings. The number of nitrogens with two attached hydrogens (primary N) is 1. The molecule has 41 heavy (non-hydrogen) atoms. The van der Waals surface area contributed by atoms with E-state index in [0.717, 1.165) is 24.5 Å². The summed E-state index contributed by atoms with van der Waals surface area (Å²) >= 11 is 0. The summed E-state index contributed by atoms with van der Waals surface area (Å²) in [4.78, 5) is 8.65. The predicted molar refractivity (Wildman–Crippen MR) is 147 cm³/mol. The first-order valence-electron chi connectivity index (χ1n) is 13.1. The van der Waals surface area contributed by atoms with E-state index in [2.05, 4.69) is 9.97 Å². The summed E-state index contributed by atoms with van der Waals surface area (Å²) in [5.74, 6) is 1.78. The second kappa shape index (κ2) is 11.1. The lowest BCUT2D eigenvalue weighted by Crippen LogP contribution is -2.20. The van der Waals surface area contributed by atoms with Crippen LogP contribution in [0.2, 0.25) is 0 Å². The summed E-state index contributed by atoms with van der Waals surface area (Å²) in [6.07, 6.45) is -1.33. The minimum absolute atomic E-state index is 0.0553. The molecule has 11 heteroatoms. The quantitative estimate of drug-likeness (QED) is 0.233. The van der Waals surface area contributed by atoms with Gasteiger partial charge in [0.25, 0.3) is 0 Å². The van der Waals surface area contributed by atoms with Crippen LogP contribution >= 0.6 is 0 Å². The van der Waals surface area contributed by atoms with E-state index >= 15 is 0 Å². The fraction of sp³-hybridized carbons (Fsp3) is 0.233. The largest absolute Gasteiger partial charge is 0.489 e. The Labute approximate surface area is 233 Å². The normalized spacial score (nSPS) is 14.3. The highest BCUT2D eigenvalue weighted by molar-refractivity contribution is 5.98. The van der Waals surface area contributed by atoms with Gasteiger partial charge in [0, 0.05) is 30.4 Å². The predicted octanol–water partition coefficient (Wildman–Crippen LogP) is 6.82. The average molecular weight is 562 g/mol. The first-order chi connectivity index (χ1) is 19.9. The van der Waals surface area contributed by atoms with Gasteiger partial charge >= 0.3 is 6.18 Å². The number of fused-ring (bicyclic) bond motifs is 1. The van der Waals surface area contributed by atoms with Gasteiger partial charge in [-0.2, -0.15) is 18.3 Å². The molecule has 6 rings (SSSR count). The first-order valence-corrected chi connectivity index (χ1v) is 13.1. The van der Waals surface area contributed by atoms with Gasteiger partial charge in [-0.1, -0.05) is 24.3 Å². The van der Waals surface area contributed by atoms with Crippen LogP contribution in [0.25, 0.3) is 22.3 Å². The van der Waals surface area contributed by atoms with Crippen LogP contribution in [0.1, 0.15) is 30.0 Å². The molecule has 0 spiro atoms. The number of aromatic nitrogens is 4. The number of rotatable bonds is 7. The lowest BCUT2D eigenvalue weighted by Gasteiger charge is -2.22. The fourth-order valence-corrected chi connectivity index (χ4v) is 4.91. The summed E-state index contributed by atoms with van der Waals surface area (Å²) < 4.78 is 59.0. The zero-order valence-electron chi connectivity index (χ0n) is 21.8. The molecule has 5 aromatic rings. The zero-order valence-corrected chi connectivity index (χ0v) is 21.8. The van der Waals surface area contributed by atoms with Gasteiger partial charge in [-0.3, -0.25) is 0 Å². The SMILES string of the molecule is Nc1ncnc2c1c(-c1ccc(Oc3cccc(OCc4ccccc4C(F)(F)F)c3)cc1)nn2C1CCOCC1. The molecule has 210 valence electrons. The molecule has 2 N–H and O–H groups in total. The highest BCUT2D eigenvalue weighted by Gasteiger charge is 2.33. The number of ether oxygens (including phenoxy) is 3. The third-order valence-electron chi connectivity index (χ3n) is 6.94. The maximum absolute atomic E-state index is 13.3. The maximum atomic E-state index is 13.3. The van der Waals surface area contributed by atoms with Gasteiger partial charge in [-0.05, 0) is 55.3 Å². The van der Waals surface area contributed by atoms with Crippen LogP contribution in [0, 0.1) is 0 Å². The molecule has 0 amide bonds. The summed E-state index contributed by atoms with van der Waals surface area (Å²) in [5.41, 5.74) is 7.80. The van der Waals surface area contributed by atoms with E-state index in [1.807, 2.05) is 28.9 Å². The molecule has 0 saturated carbocycles. The van der Waals surface area contributed by atoms with Crippen molar-refractivity contribution < 1.29 is 27.4 Å².